The zero-order valence-electron chi connectivity index (χ0n) is 9.90. The highest BCUT2D eigenvalue weighted by Crippen LogP contribution is 2.13. The van der Waals surface area contributed by atoms with Gasteiger partial charge in [0.15, 0.2) is 0 Å². The molecule has 84 valence electrons. The van der Waals surface area contributed by atoms with Crippen molar-refractivity contribution in [1.82, 2.24) is 0 Å². The highest BCUT2D eigenvalue weighted by atomic mass is 16.5. The van der Waals surface area contributed by atoms with Gasteiger partial charge in [-0.05, 0) is 16.9 Å². The largest absolute Gasteiger partial charge is 0.492 e. The number of benzene rings is 1. The predicted octanol–water partition coefficient (Wildman–Crippen LogP) is 1.31. The second-order valence-electron chi connectivity index (χ2n) is 4.92. The van der Waals surface area contributed by atoms with Crippen LogP contribution in [0.3, 0.4) is 0 Å². The molecule has 1 aromatic carbocycles. The van der Waals surface area contributed by atoms with Crippen LogP contribution in [0, 0.1) is 16.7 Å². The molecular weight excluding hydrogens is 201 g/mol. The van der Waals surface area contributed by atoms with Crippen LogP contribution >= 0.6 is 0 Å². The van der Waals surface area contributed by atoms with Crippen molar-refractivity contribution in [3.8, 4) is 6.07 Å². The Bertz CT molecular complexity index is 393. The fourth-order valence-electron chi connectivity index (χ4n) is 1.23. The van der Waals surface area contributed by atoms with Crippen molar-refractivity contribution < 1.29 is 9.68 Å². The Morgan fingerprint density at radius 1 is 1.38 bits per heavy atom. The van der Waals surface area contributed by atoms with Gasteiger partial charge in [-0.2, -0.15) is 5.26 Å². The fraction of sp³-hybridized carbons (Fsp3) is 0.417. The minimum Gasteiger partial charge on any atom is -0.423 e. The molecule has 0 amide bonds. The van der Waals surface area contributed by atoms with Crippen molar-refractivity contribution in [1.29, 1.82) is 5.26 Å². The zero-order valence-corrected chi connectivity index (χ0v) is 9.90. The van der Waals surface area contributed by atoms with Crippen LogP contribution < -0.4 is 5.46 Å². The first kappa shape index (κ1) is 12.8. The van der Waals surface area contributed by atoms with Gasteiger partial charge in [0.2, 0.25) is 0 Å². The van der Waals surface area contributed by atoms with Gasteiger partial charge in [0.05, 0.1) is 11.6 Å². The molecule has 0 aromatic heterocycles. The molecule has 4 heteroatoms. The predicted molar refractivity (Wildman–Crippen MR) is 64.2 cm³/mol. The summed E-state index contributed by atoms with van der Waals surface area (Å²) in [5.41, 5.74) is 0.959. The summed E-state index contributed by atoms with van der Waals surface area (Å²) in [5.74, 6) is 0. The van der Waals surface area contributed by atoms with Crippen LogP contribution in [0.1, 0.15) is 26.3 Å². The summed E-state index contributed by atoms with van der Waals surface area (Å²) in [5, 5.41) is 18.7. The molecule has 1 rings (SSSR count). The number of nitrogens with zero attached hydrogens (tertiary/aromatic N) is 1. The molecule has 0 fully saturated rings. The van der Waals surface area contributed by atoms with E-state index in [1.807, 2.05) is 26.8 Å². The molecule has 0 heterocycles. The summed E-state index contributed by atoms with van der Waals surface area (Å²) in [7, 11) is -1.03. The molecule has 3 nitrogen and oxygen atoms in total. The third-order valence-electron chi connectivity index (χ3n) is 2.02. The van der Waals surface area contributed by atoms with Crippen molar-refractivity contribution in [3.63, 3.8) is 0 Å². The second-order valence-corrected chi connectivity index (χ2v) is 4.92. The molecule has 0 aliphatic rings. The van der Waals surface area contributed by atoms with E-state index in [0.29, 0.717) is 17.6 Å². The van der Waals surface area contributed by atoms with Crippen molar-refractivity contribution in [3.05, 3.63) is 29.8 Å². The minimum absolute atomic E-state index is 0.0113. The first-order chi connectivity index (χ1) is 7.44. The highest BCUT2D eigenvalue weighted by Gasteiger charge is 2.22. The molecule has 0 unspecified atom stereocenters. The van der Waals surface area contributed by atoms with Crippen molar-refractivity contribution in [2.75, 3.05) is 6.61 Å². The fourth-order valence-corrected chi connectivity index (χ4v) is 1.23. The number of nitriles is 1. The van der Waals surface area contributed by atoms with Gasteiger partial charge in [0.25, 0.3) is 0 Å². The Labute approximate surface area is 96.8 Å². The molecular formula is C12H16BNO2. The second kappa shape index (κ2) is 5.15. The van der Waals surface area contributed by atoms with E-state index < -0.39 is 7.12 Å². The maximum Gasteiger partial charge on any atom is 0.492 e. The number of hydrogen-bond acceptors (Lipinski definition) is 3. The summed E-state index contributed by atoms with van der Waals surface area (Å²) in [6, 6.07) is 8.94. The maximum atomic E-state index is 9.82. The Kier molecular flexibility index (Phi) is 4.11. The summed E-state index contributed by atoms with van der Waals surface area (Å²) >= 11 is 0. The van der Waals surface area contributed by atoms with E-state index in [1.54, 1.807) is 24.3 Å². The lowest BCUT2D eigenvalue weighted by molar-refractivity contribution is 0.174. The van der Waals surface area contributed by atoms with Gasteiger partial charge in [-0.3, -0.25) is 0 Å². The van der Waals surface area contributed by atoms with E-state index in [4.69, 9.17) is 9.92 Å². The van der Waals surface area contributed by atoms with E-state index >= 15 is 0 Å². The topological polar surface area (TPSA) is 53.2 Å². The SMILES string of the molecule is CC(C)(C)COB(O)c1ccccc1C#N. The standard InChI is InChI=1S/C12H16BNO2/c1-12(2,3)9-16-13(15)11-7-5-4-6-10(11)8-14/h4-7,15H,9H2,1-3H3. The minimum atomic E-state index is -1.03. The smallest absolute Gasteiger partial charge is 0.423 e. The Morgan fingerprint density at radius 3 is 2.56 bits per heavy atom. The zero-order chi connectivity index (χ0) is 12.2. The molecule has 0 spiro atoms. The van der Waals surface area contributed by atoms with E-state index in [-0.39, 0.29) is 5.41 Å². The van der Waals surface area contributed by atoms with Crippen LogP contribution in [-0.2, 0) is 4.65 Å². The lowest BCUT2D eigenvalue weighted by Gasteiger charge is -2.20. The van der Waals surface area contributed by atoms with E-state index in [2.05, 4.69) is 0 Å². The average molecular weight is 217 g/mol. The molecule has 16 heavy (non-hydrogen) atoms. The quantitative estimate of drug-likeness (QED) is 0.776. The van der Waals surface area contributed by atoms with Crippen LogP contribution in [0.25, 0.3) is 0 Å². The normalized spacial score (nSPS) is 10.9. The van der Waals surface area contributed by atoms with Gasteiger partial charge >= 0.3 is 7.12 Å². The summed E-state index contributed by atoms with van der Waals surface area (Å²) in [4.78, 5) is 0. The van der Waals surface area contributed by atoms with Crippen LogP contribution in [0.4, 0.5) is 0 Å². The Balaban J connectivity index is 2.74. The van der Waals surface area contributed by atoms with Gasteiger partial charge < -0.3 is 9.68 Å². The molecule has 1 aromatic rings. The molecule has 0 saturated heterocycles. The molecule has 0 bridgehead atoms. The highest BCUT2D eigenvalue weighted by molar-refractivity contribution is 6.60. The molecule has 1 N–H and O–H groups in total. The van der Waals surface area contributed by atoms with Crippen LogP contribution in [0.15, 0.2) is 24.3 Å². The maximum absolute atomic E-state index is 9.82. The first-order valence-corrected chi connectivity index (χ1v) is 5.23. The van der Waals surface area contributed by atoms with E-state index in [9.17, 15) is 5.02 Å². The van der Waals surface area contributed by atoms with Crippen LogP contribution in [0.5, 0.6) is 0 Å². The van der Waals surface area contributed by atoms with Gasteiger partial charge in [0.1, 0.15) is 0 Å². The molecule has 0 aliphatic carbocycles. The van der Waals surface area contributed by atoms with E-state index in [1.165, 1.54) is 0 Å². The molecule has 0 aliphatic heterocycles. The molecule has 0 atom stereocenters. The number of rotatable bonds is 3. The van der Waals surface area contributed by atoms with Crippen LogP contribution in [-0.4, -0.2) is 18.7 Å². The summed E-state index contributed by atoms with van der Waals surface area (Å²) in [6.45, 7) is 6.51. The number of hydrogen-bond donors (Lipinski definition) is 1. The summed E-state index contributed by atoms with van der Waals surface area (Å²) < 4.78 is 5.34. The Morgan fingerprint density at radius 2 is 2.00 bits per heavy atom. The average Bonchev–Trinajstić information content (AvgIpc) is 2.25. The molecule has 0 radical (unpaired) electrons. The van der Waals surface area contributed by atoms with Crippen molar-refractivity contribution in [2.24, 2.45) is 5.41 Å². The third kappa shape index (κ3) is 3.69. The van der Waals surface area contributed by atoms with E-state index in [0.717, 1.165) is 0 Å². The lowest BCUT2D eigenvalue weighted by Crippen LogP contribution is -2.38. The van der Waals surface area contributed by atoms with Gasteiger partial charge in [0, 0.05) is 6.61 Å². The van der Waals surface area contributed by atoms with Gasteiger partial charge in [-0.1, -0.05) is 39.0 Å². The lowest BCUT2D eigenvalue weighted by atomic mass is 9.76. The monoisotopic (exact) mass is 217 g/mol. The Hall–Kier alpha value is -1.31. The van der Waals surface area contributed by atoms with Crippen molar-refractivity contribution >= 4 is 12.6 Å². The third-order valence-corrected chi connectivity index (χ3v) is 2.02. The van der Waals surface area contributed by atoms with Gasteiger partial charge in [-0.25, -0.2) is 0 Å². The van der Waals surface area contributed by atoms with Crippen LogP contribution in [0.2, 0.25) is 0 Å². The van der Waals surface area contributed by atoms with Gasteiger partial charge in [-0.15, -0.1) is 0 Å². The first-order valence-electron chi connectivity index (χ1n) is 5.23. The summed E-state index contributed by atoms with van der Waals surface area (Å²) in [6.07, 6.45) is 0. The molecule has 0 saturated carbocycles. The van der Waals surface area contributed by atoms with Crippen molar-refractivity contribution in [2.45, 2.75) is 20.8 Å².